The van der Waals surface area contributed by atoms with Crippen molar-refractivity contribution in [1.29, 1.82) is 0 Å². The predicted molar refractivity (Wildman–Crippen MR) is 109 cm³/mol. The van der Waals surface area contributed by atoms with E-state index in [1.54, 1.807) is 0 Å². The molecule has 148 valence electrons. The van der Waals surface area contributed by atoms with E-state index in [1.165, 1.54) is 43.0 Å². The first-order chi connectivity index (χ1) is 11.8. The molecule has 1 atom stereocenters. The van der Waals surface area contributed by atoms with Gasteiger partial charge >= 0.3 is 0 Å². The molecule has 1 N–H and O–H groups in total. The lowest BCUT2D eigenvalue weighted by atomic mass is 10.1. The second kappa shape index (κ2) is 10.0. The van der Waals surface area contributed by atoms with Crippen LogP contribution in [0.25, 0.3) is 0 Å². The number of nitrogens with one attached hydrogen (secondary N) is 1. The fourth-order valence-electron chi connectivity index (χ4n) is 4.28. The molecule has 0 saturated carbocycles. The molecule has 4 rings (SSSR count). The van der Waals surface area contributed by atoms with Gasteiger partial charge in [0.05, 0.1) is 5.69 Å². The third-order valence-electron chi connectivity index (χ3n) is 5.53. The van der Waals surface area contributed by atoms with Crippen molar-refractivity contribution < 1.29 is 4.74 Å². The summed E-state index contributed by atoms with van der Waals surface area (Å²) in [7, 11) is 0. The average Bonchev–Trinajstić information content (AvgIpc) is 2.95. The van der Waals surface area contributed by atoms with Gasteiger partial charge in [0.2, 0.25) is 0 Å². The molecule has 1 aromatic heterocycles. The SMILES string of the molecule is CCOCc1nc2c(c(N3CCN4CCCC4C3)n1)CCNCC2.Cl.Cl. The zero-order chi connectivity index (χ0) is 16.4. The van der Waals surface area contributed by atoms with Gasteiger partial charge in [0, 0.05) is 50.8 Å². The van der Waals surface area contributed by atoms with Gasteiger partial charge in [-0.1, -0.05) is 0 Å². The maximum Gasteiger partial charge on any atom is 0.156 e. The van der Waals surface area contributed by atoms with Crippen molar-refractivity contribution >= 4 is 30.6 Å². The number of ether oxygens (including phenoxy) is 1. The smallest absolute Gasteiger partial charge is 0.156 e. The van der Waals surface area contributed by atoms with E-state index in [4.69, 9.17) is 14.7 Å². The molecule has 0 aliphatic carbocycles. The van der Waals surface area contributed by atoms with Crippen molar-refractivity contribution in [3.63, 3.8) is 0 Å². The Morgan fingerprint density at radius 2 is 1.96 bits per heavy atom. The van der Waals surface area contributed by atoms with Crippen molar-refractivity contribution in [2.24, 2.45) is 0 Å². The van der Waals surface area contributed by atoms with Crippen molar-refractivity contribution in [2.45, 2.75) is 45.3 Å². The topological polar surface area (TPSA) is 53.5 Å². The van der Waals surface area contributed by atoms with Crippen molar-refractivity contribution in [3.8, 4) is 0 Å². The maximum absolute atomic E-state index is 5.59. The Hall–Kier alpha value is -0.660. The zero-order valence-corrected chi connectivity index (χ0v) is 17.2. The molecule has 0 amide bonds. The summed E-state index contributed by atoms with van der Waals surface area (Å²) in [5.41, 5.74) is 2.60. The van der Waals surface area contributed by atoms with Crippen LogP contribution in [0.4, 0.5) is 5.82 Å². The molecule has 0 aromatic carbocycles. The Bertz CT molecular complexity index is 589. The number of anilines is 1. The molecule has 4 heterocycles. The molecule has 2 saturated heterocycles. The summed E-state index contributed by atoms with van der Waals surface area (Å²) < 4.78 is 5.59. The molecule has 0 bridgehead atoms. The zero-order valence-electron chi connectivity index (χ0n) is 15.6. The monoisotopic (exact) mass is 403 g/mol. The standard InChI is InChI=1S/C18H29N5O.2ClH/c1-2-24-13-17-20-16-6-8-19-7-5-15(16)18(21-17)23-11-10-22-9-3-4-14(22)12-23;;/h14,19H,2-13H2,1H3;2*1H. The minimum absolute atomic E-state index is 0. The van der Waals surface area contributed by atoms with E-state index >= 15 is 0 Å². The van der Waals surface area contributed by atoms with Gasteiger partial charge < -0.3 is 15.0 Å². The van der Waals surface area contributed by atoms with Gasteiger partial charge in [0.1, 0.15) is 12.4 Å². The van der Waals surface area contributed by atoms with E-state index < -0.39 is 0 Å². The lowest BCUT2D eigenvalue weighted by molar-refractivity contribution is 0.128. The fraction of sp³-hybridized carbons (Fsp3) is 0.778. The second-order valence-electron chi connectivity index (χ2n) is 7.05. The molecule has 1 unspecified atom stereocenters. The minimum Gasteiger partial charge on any atom is -0.374 e. The van der Waals surface area contributed by atoms with Crippen molar-refractivity contribution in [1.82, 2.24) is 20.2 Å². The quantitative estimate of drug-likeness (QED) is 0.827. The Balaban J connectivity index is 0.00000121. The summed E-state index contributed by atoms with van der Waals surface area (Å²) in [5.74, 6) is 2.03. The summed E-state index contributed by atoms with van der Waals surface area (Å²) in [4.78, 5) is 14.9. The lowest BCUT2D eigenvalue weighted by Crippen LogP contribution is -2.50. The van der Waals surface area contributed by atoms with Crippen LogP contribution in [0, 0.1) is 0 Å². The van der Waals surface area contributed by atoms with Gasteiger partial charge in [-0.3, -0.25) is 4.90 Å². The number of rotatable bonds is 4. The second-order valence-corrected chi connectivity index (χ2v) is 7.05. The summed E-state index contributed by atoms with van der Waals surface area (Å²) >= 11 is 0. The summed E-state index contributed by atoms with van der Waals surface area (Å²) in [6.07, 6.45) is 4.70. The van der Waals surface area contributed by atoms with Gasteiger partial charge in [0.25, 0.3) is 0 Å². The Morgan fingerprint density at radius 3 is 2.81 bits per heavy atom. The molecule has 6 nitrogen and oxygen atoms in total. The predicted octanol–water partition coefficient (Wildman–Crippen LogP) is 1.83. The highest BCUT2D eigenvalue weighted by Gasteiger charge is 2.32. The number of hydrogen-bond acceptors (Lipinski definition) is 6. The van der Waals surface area contributed by atoms with Crippen LogP contribution in [0.15, 0.2) is 0 Å². The Labute approximate surface area is 168 Å². The van der Waals surface area contributed by atoms with Crippen LogP contribution in [0.2, 0.25) is 0 Å². The number of aromatic nitrogens is 2. The number of piperazine rings is 1. The van der Waals surface area contributed by atoms with E-state index in [9.17, 15) is 0 Å². The van der Waals surface area contributed by atoms with Gasteiger partial charge in [-0.05, 0) is 39.3 Å². The van der Waals surface area contributed by atoms with Gasteiger partial charge in [0.15, 0.2) is 5.82 Å². The molecular formula is C18H31Cl2N5O. The Morgan fingerprint density at radius 1 is 1.12 bits per heavy atom. The number of hydrogen-bond donors (Lipinski definition) is 1. The number of halogens is 2. The molecule has 0 radical (unpaired) electrons. The van der Waals surface area contributed by atoms with Crippen LogP contribution in [0.1, 0.15) is 36.8 Å². The Kier molecular flexibility index (Phi) is 8.36. The van der Waals surface area contributed by atoms with Crippen LogP contribution < -0.4 is 10.2 Å². The summed E-state index contributed by atoms with van der Waals surface area (Å²) in [5, 5.41) is 3.50. The summed E-state index contributed by atoms with van der Waals surface area (Å²) in [6, 6.07) is 0.712. The third-order valence-corrected chi connectivity index (χ3v) is 5.53. The van der Waals surface area contributed by atoms with E-state index in [0.29, 0.717) is 19.3 Å². The number of fused-ring (bicyclic) bond motifs is 2. The van der Waals surface area contributed by atoms with Crippen LogP contribution >= 0.6 is 24.8 Å². The van der Waals surface area contributed by atoms with E-state index in [2.05, 4.69) is 15.1 Å². The van der Waals surface area contributed by atoms with E-state index in [-0.39, 0.29) is 24.8 Å². The van der Waals surface area contributed by atoms with Crippen LogP contribution in [0.3, 0.4) is 0 Å². The van der Waals surface area contributed by atoms with E-state index in [1.807, 2.05) is 6.92 Å². The highest BCUT2D eigenvalue weighted by molar-refractivity contribution is 5.85. The van der Waals surface area contributed by atoms with Crippen molar-refractivity contribution in [2.75, 3.05) is 50.8 Å². The number of nitrogens with zero attached hydrogens (tertiary/aromatic N) is 4. The van der Waals surface area contributed by atoms with E-state index in [0.717, 1.165) is 44.8 Å². The molecule has 8 heteroatoms. The average molecular weight is 404 g/mol. The third kappa shape index (κ3) is 4.60. The first kappa shape index (κ1) is 21.6. The van der Waals surface area contributed by atoms with Gasteiger partial charge in [-0.15, -0.1) is 24.8 Å². The molecule has 3 aliphatic rings. The van der Waals surface area contributed by atoms with Crippen LogP contribution in [-0.2, 0) is 24.2 Å². The lowest BCUT2D eigenvalue weighted by Gasteiger charge is -2.39. The van der Waals surface area contributed by atoms with Gasteiger partial charge in [-0.2, -0.15) is 0 Å². The van der Waals surface area contributed by atoms with Crippen LogP contribution in [0.5, 0.6) is 0 Å². The largest absolute Gasteiger partial charge is 0.374 e. The fourth-order valence-corrected chi connectivity index (χ4v) is 4.28. The first-order valence-corrected chi connectivity index (χ1v) is 9.51. The highest BCUT2D eigenvalue weighted by atomic mass is 35.5. The molecule has 0 spiro atoms. The first-order valence-electron chi connectivity index (χ1n) is 9.51. The summed E-state index contributed by atoms with van der Waals surface area (Å²) in [6.45, 7) is 9.93. The molecule has 3 aliphatic heterocycles. The normalized spacial score (nSPS) is 22.7. The highest BCUT2D eigenvalue weighted by Crippen LogP contribution is 2.29. The maximum atomic E-state index is 5.59. The van der Waals surface area contributed by atoms with Crippen LogP contribution in [-0.4, -0.2) is 66.8 Å². The molecular weight excluding hydrogens is 373 g/mol. The molecule has 26 heavy (non-hydrogen) atoms. The van der Waals surface area contributed by atoms with Gasteiger partial charge in [-0.25, -0.2) is 9.97 Å². The van der Waals surface area contributed by atoms with Crippen molar-refractivity contribution in [3.05, 3.63) is 17.1 Å². The molecule has 2 fully saturated rings. The minimum atomic E-state index is 0. The molecule has 1 aromatic rings.